The average Bonchev–Trinajstić information content (AvgIpc) is 2.66. The highest BCUT2D eigenvalue weighted by Crippen LogP contribution is 2.31. The van der Waals surface area contributed by atoms with E-state index in [1.807, 2.05) is 0 Å². The minimum absolute atomic E-state index is 0.131. The molecular formula is C19H19F2NO5. The predicted molar refractivity (Wildman–Crippen MR) is 96.8 cm³/mol. The lowest BCUT2D eigenvalue weighted by Gasteiger charge is -2.11. The van der Waals surface area contributed by atoms with Gasteiger partial charge in [-0.25, -0.2) is 0 Å². The van der Waals surface area contributed by atoms with Crippen LogP contribution in [0.5, 0.6) is 23.0 Å². The normalized spacial score (nSPS) is 10.7. The van der Waals surface area contributed by atoms with E-state index in [1.165, 1.54) is 38.5 Å². The number of hydrogen-bond donors (Lipinski definition) is 1. The molecule has 0 atom stereocenters. The monoisotopic (exact) mass is 379 g/mol. The van der Waals surface area contributed by atoms with Crippen LogP contribution in [0.1, 0.15) is 5.56 Å². The van der Waals surface area contributed by atoms with E-state index in [4.69, 9.17) is 14.2 Å². The zero-order valence-electron chi connectivity index (χ0n) is 15.0. The first-order valence-corrected chi connectivity index (χ1v) is 7.80. The topological polar surface area (TPSA) is 66.0 Å². The van der Waals surface area contributed by atoms with E-state index in [9.17, 15) is 13.6 Å². The summed E-state index contributed by atoms with van der Waals surface area (Å²) in [5, 5.41) is 2.57. The van der Waals surface area contributed by atoms with Crippen molar-refractivity contribution in [3.63, 3.8) is 0 Å². The summed E-state index contributed by atoms with van der Waals surface area (Å²) in [5.41, 5.74) is 0.952. The second-order valence-corrected chi connectivity index (χ2v) is 5.17. The van der Waals surface area contributed by atoms with E-state index in [0.717, 1.165) is 0 Å². The first-order chi connectivity index (χ1) is 13.0. The van der Waals surface area contributed by atoms with Gasteiger partial charge in [0.15, 0.2) is 11.5 Å². The maximum absolute atomic E-state index is 12.5. The largest absolute Gasteiger partial charge is 0.497 e. The molecule has 144 valence electrons. The van der Waals surface area contributed by atoms with Crippen LogP contribution in [0.3, 0.4) is 0 Å². The van der Waals surface area contributed by atoms with Gasteiger partial charge in [-0.1, -0.05) is 0 Å². The lowest BCUT2D eigenvalue weighted by molar-refractivity contribution is -0.111. The molecule has 0 saturated heterocycles. The Hall–Kier alpha value is -3.29. The molecule has 0 bridgehead atoms. The van der Waals surface area contributed by atoms with E-state index >= 15 is 0 Å². The van der Waals surface area contributed by atoms with Crippen LogP contribution in [0, 0.1) is 0 Å². The number of alkyl halides is 2. The quantitative estimate of drug-likeness (QED) is 0.703. The van der Waals surface area contributed by atoms with Crippen molar-refractivity contribution in [2.75, 3.05) is 26.6 Å². The number of carbonyl (C=O) groups is 1. The number of nitrogens with one attached hydrogen (secondary N) is 1. The van der Waals surface area contributed by atoms with Crippen molar-refractivity contribution in [2.45, 2.75) is 6.61 Å². The van der Waals surface area contributed by atoms with Gasteiger partial charge in [-0.15, -0.1) is 0 Å². The molecule has 27 heavy (non-hydrogen) atoms. The molecule has 0 aromatic heterocycles. The molecular weight excluding hydrogens is 360 g/mol. The highest BCUT2D eigenvalue weighted by atomic mass is 19.3. The minimum atomic E-state index is -3.01. The van der Waals surface area contributed by atoms with Crippen LogP contribution in [0.25, 0.3) is 6.08 Å². The summed E-state index contributed by atoms with van der Waals surface area (Å²) in [6.07, 6.45) is 2.86. The third-order valence-electron chi connectivity index (χ3n) is 3.50. The Bertz CT molecular complexity index is 824. The van der Waals surface area contributed by atoms with Gasteiger partial charge in [0, 0.05) is 29.5 Å². The van der Waals surface area contributed by atoms with Gasteiger partial charge < -0.3 is 24.3 Å². The zero-order chi connectivity index (χ0) is 19.8. The van der Waals surface area contributed by atoms with Gasteiger partial charge in [-0.3, -0.25) is 4.79 Å². The van der Waals surface area contributed by atoms with Gasteiger partial charge in [0.05, 0.1) is 21.3 Å². The summed E-state index contributed by atoms with van der Waals surface area (Å²) < 4.78 is 44.6. The fourth-order valence-corrected chi connectivity index (χ4v) is 2.25. The van der Waals surface area contributed by atoms with Crippen LogP contribution >= 0.6 is 0 Å². The summed E-state index contributed by atoms with van der Waals surface area (Å²) in [6, 6.07) is 9.35. The Morgan fingerprint density at radius 2 is 1.70 bits per heavy atom. The number of hydrogen-bond acceptors (Lipinski definition) is 5. The van der Waals surface area contributed by atoms with Gasteiger partial charge in [0.25, 0.3) is 0 Å². The van der Waals surface area contributed by atoms with Crippen molar-refractivity contribution in [1.29, 1.82) is 0 Å². The molecule has 0 aliphatic heterocycles. The van der Waals surface area contributed by atoms with Crippen molar-refractivity contribution in [3.8, 4) is 23.0 Å². The molecule has 0 unspecified atom stereocenters. The summed E-state index contributed by atoms with van der Waals surface area (Å²) in [5.74, 6) is 0.660. The Morgan fingerprint density at radius 1 is 0.963 bits per heavy atom. The number of carbonyl (C=O) groups excluding carboxylic acids is 1. The molecule has 1 N–H and O–H groups in total. The molecule has 0 spiro atoms. The van der Waals surface area contributed by atoms with Crippen LogP contribution in [0.15, 0.2) is 42.5 Å². The highest BCUT2D eigenvalue weighted by molar-refractivity contribution is 6.02. The smallest absolute Gasteiger partial charge is 0.387 e. The number of ether oxygens (including phenoxy) is 4. The molecule has 6 nitrogen and oxygen atoms in total. The van der Waals surface area contributed by atoms with Crippen LogP contribution in [0.2, 0.25) is 0 Å². The Morgan fingerprint density at radius 3 is 2.33 bits per heavy atom. The standard InChI is InChI=1S/C19H19F2NO5/c1-24-14-7-4-12(16(11-14)26-3)5-9-18(23)22-13-6-8-15(25-2)17(10-13)27-19(20)21/h4-11,19H,1-3H3,(H,22,23)/b9-5+. The van der Waals surface area contributed by atoms with E-state index in [-0.39, 0.29) is 17.2 Å². The van der Waals surface area contributed by atoms with Crippen molar-refractivity contribution >= 4 is 17.7 Å². The Balaban J connectivity index is 2.12. The molecule has 0 aliphatic rings. The number of benzene rings is 2. The van der Waals surface area contributed by atoms with Crippen molar-refractivity contribution in [1.82, 2.24) is 0 Å². The third-order valence-corrected chi connectivity index (χ3v) is 3.50. The number of anilines is 1. The highest BCUT2D eigenvalue weighted by Gasteiger charge is 2.12. The molecule has 0 aliphatic carbocycles. The summed E-state index contributed by atoms with van der Waals surface area (Å²) >= 11 is 0. The van der Waals surface area contributed by atoms with Crippen LogP contribution in [-0.2, 0) is 4.79 Å². The number of amides is 1. The van der Waals surface area contributed by atoms with E-state index in [1.54, 1.807) is 31.4 Å². The van der Waals surface area contributed by atoms with Crippen LogP contribution < -0.4 is 24.3 Å². The zero-order valence-corrected chi connectivity index (χ0v) is 15.0. The van der Waals surface area contributed by atoms with Crippen LogP contribution in [-0.4, -0.2) is 33.8 Å². The van der Waals surface area contributed by atoms with Crippen molar-refractivity contribution < 1.29 is 32.5 Å². The van der Waals surface area contributed by atoms with Crippen molar-refractivity contribution in [2.24, 2.45) is 0 Å². The first-order valence-electron chi connectivity index (χ1n) is 7.80. The lowest BCUT2D eigenvalue weighted by atomic mass is 10.1. The number of halogens is 2. The fourth-order valence-electron chi connectivity index (χ4n) is 2.25. The van der Waals surface area contributed by atoms with E-state index in [2.05, 4.69) is 10.1 Å². The van der Waals surface area contributed by atoms with E-state index in [0.29, 0.717) is 17.1 Å². The predicted octanol–water partition coefficient (Wildman–Crippen LogP) is 3.97. The van der Waals surface area contributed by atoms with E-state index < -0.39 is 12.5 Å². The number of methoxy groups -OCH3 is 3. The molecule has 0 radical (unpaired) electrons. The SMILES string of the molecule is COc1ccc(/C=C/C(=O)Nc2ccc(OC)c(OC(F)F)c2)c(OC)c1. The molecule has 0 heterocycles. The second-order valence-electron chi connectivity index (χ2n) is 5.17. The molecule has 0 fully saturated rings. The molecule has 2 rings (SSSR count). The Kier molecular flexibility index (Phi) is 6.99. The second kappa shape index (κ2) is 9.42. The minimum Gasteiger partial charge on any atom is -0.497 e. The number of rotatable bonds is 8. The van der Waals surface area contributed by atoms with Crippen molar-refractivity contribution in [3.05, 3.63) is 48.0 Å². The maximum atomic E-state index is 12.5. The van der Waals surface area contributed by atoms with Gasteiger partial charge in [0.1, 0.15) is 11.5 Å². The van der Waals surface area contributed by atoms with Gasteiger partial charge in [-0.05, 0) is 30.3 Å². The Labute approximate surface area is 155 Å². The molecule has 2 aromatic rings. The summed E-state index contributed by atoms with van der Waals surface area (Å²) in [6.45, 7) is -3.01. The molecule has 0 saturated carbocycles. The van der Waals surface area contributed by atoms with Gasteiger partial charge in [-0.2, -0.15) is 8.78 Å². The average molecular weight is 379 g/mol. The fraction of sp³-hybridized carbons (Fsp3) is 0.211. The lowest BCUT2D eigenvalue weighted by Crippen LogP contribution is -2.09. The summed E-state index contributed by atoms with van der Waals surface area (Å²) in [7, 11) is 4.38. The molecule has 2 aromatic carbocycles. The first kappa shape index (κ1) is 20.0. The third kappa shape index (κ3) is 5.60. The summed E-state index contributed by atoms with van der Waals surface area (Å²) in [4.78, 5) is 12.1. The van der Waals surface area contributed by atoms with Crippen LogP contribution in [0.4, 0.5) is 14.5 Å². The maximum Gasteiger partial charge on any atom is 0.387 e. The molecule has 8 heteroatoms. The van der Waals surface area contributed by atoms with Gasteiger partial charge >= 0.3 is 6.61 Å². The molecule has 1 amide bonds. The van der Waals surface area contributed by atoms with Gasteiger partial charge in [0.2, 0.25) is 5.91 Å².